The number of nitrogens with zero attached hydrogens (tertiary/aromatic N) is 4. The molecular weight excluding hydrogens is 428 g/mol. The van der Waals surface area contributed by atoms with Crippen molar-refractivity contribution in [2.45, 2.75) is 0 Å². The highest BCUT2D eigenvalue weighted by Crippen LogP contribution is 2.31. The average Bonchev–Trinajstić information content (AvgIpc) is 2.74. The Balaban J connectivity index is 1.62. The molecule has 1 aliphatic rings. The van der Waals surface area contributed by atoms with Crippen LogP contribution in [-0.4, -0.2) is 42.1 Å². The molecule has 154 valence electrons. The first-order chi connectivity index (χ1) is 14.4. The summed E-state index contributed by atoms with van der Waals surface area (Å²) < 4.78 is 14.1. The molecule has 4 rings (SSSR count). The van der Waals surface area contributed by atoms with Gasteiger partial charge in [0.1, 0.15) is 11.5 Å². The zero-order valence-corrected chi connectivity index (χ0v) is 17.4. The molecule has 1 fully saturated rings. The van der Waals surface area contributed by atoms with Gasteiger partial charge in [-0.05, 0) is 36.4 Å². The van der Waals surface area contributed by atoms with E-state index in [4.69, 9.17) is 28.9 Å². The number of benzene rings is 2. The minimum atomic E-state index is -0.657. The van der Waals surface area contributed by atoms with Gasteiger partial charge in [-0.3, -0.25) is 4.79 Å². The van der Waals surface area contributed by atoms with Gasteiger partial charge in [-0.15, -0.1) is 0 Å². The Bertz CT molecular complexity index is 1100. The highest BCUT2D eigenvalue weighted by Gasteiger charge is 2.23. The molecule has 30 heavy (non-hydrogen) atoms. The Kier molecular flexibility index (Phi) is 5.74. The molecule has 0 aliphatic carbocycles. The minimum Gasteiger partial charge on any atom is -0.366 e. The molecule has 2 N–H and O–H groups in total. The van der Waals surface area contributed by atoms with E-state index in [1.54, 1.807) is 30.3 Å². The molecule has 9 heteroatoms. The Labute approximate surface area is 183 Å². The van der Waals surface area contributed by atoms with Crippen LogP contribution in [-0.2, 0) is 0 Å². The van der Waals surface area contributed by atoms with Crippen molar-refractivity contribution in [3.05, 3.63) is 70.1 Å². The molecule has 1 aliphatic heterocycles. The number of carbonyl (C=O) groups excluding carboxylic acids is 1. The Morgan fingerprint density at radius 3 is 2.33 bits per heavy atom. The smallest absolute Gasteiger partial charge is 0.267 e. The topological polar surface area (TPSA) is 75.4 Å². The molecule has 2 aromatic carbocycles. The summed E-state index contributed by atoms with van der Waals surface area (Å²) in [7, 11) is 0. The van der Waals surface area contributed by atoms with Gasteiger partial charge in [-0.2, -0.15) is 0 Å². The number of amides is 1. The fourth-order valence-corrected chi connectivity index (χ4v) is 3.90. The maximum absolute atomic E-state index is 14.1. The second-order valence-electron chi connectivity index (χ2n) is 6.85. The molecule has 0 unspecified atom stereocenters. The van der Waals surface area contributed by atoms with Crippen LogP contribution in [0.1, 0.15) is 10.5 Å². The maximum Gasteiger partial charge on any atom is 0.267 e. The molecular formula is C21H18Cl2FN5O. The fraction of sp³-hybridized carbons (Fsp3) is 0.190. The van der Waals surface area contributed by atoms with E-state index in [0.29, 0.717) is 59.1 Å². The first kappa shape index (κ1) is 20.4. The van der Waals surface area contributed by atoms with Crippen molar-refractivity contribution >= 4 is 40.7 Å². The third kappa shape index (κ3) is 4.17. The first-order valence-electron chi connectivity index (χ1n) is 9.31. The highest BCUT2D eigenvalue weighted by atomic mass is 35.5. The number of primary amides is 1. The summed E-state index contributed by atoms with van der Waals surface area (Å²) in [5.41, 5.74) is 7.25. The van der Waals surface area contributed by atoms with Gasteiger partial charge in [0, 0.05) is 36.8 Å². The second-order valence-corrected chi connectivity index (χ2v) is 7.70. The van der Waals surface area contributed by atoms with E-state index in [0.717, 1.165) is 0 Å². The lowest BCUT2D eigenvalue weighted by atomic mass is 10.1. The number of aromatic nitrogens is 2. The number of anilines is 2. The number of rotatable bonds is 4. The predicted molar refractivity (Wildman–Crippen MR) is 117 cm³/mol. The summed E-state index contributed by atoms with van der Waals surface area (Å²) in [6, 6.07) is 13.2. The van der Waals surface area contributed by atoms with Crippen LogP contribution in [0.15, 0.2) is 48.5 Å². The average molecular weight is 446 g/mol. The van der Waals surface area contributed by atoms with E-state index < -0.39 is 5.91 Å². The lowest BCUT2D eigenvalue weighted by molar-refractivity contribution is 0.0995. The van der Waals surface area contributed by atoms with Crippen molar-refractivity contribution in [3.63, 3.8) is 0 Å². The molecule has 2 heterocycles. The van der Waals surface area contributed by atoms with Crippen LogP contribution in [0, 0.1) is 5.82 Å². The number of para-hydroxylation sites is 1. The Morgan fingerprint density at radius 1 is 0.967 bits per heavy atom. The molecule has 6 nitrogen and oxygen atoms in total. The summed E-state index contributed by atoms with van der Waals surface area (Å²) in [6.45, 7) is 2.29. The molecule has 0 radical (unpaired) electrons. The van der Waals surface area contributed by atoms with Gasteiger partial charge in [0.25, 0.3) is 5.91 Å². The zero-order chi connectivity index (χ0) is 21.3. The van der Waals surface area contributed by atoms with Crippen LogP contribution in [0.2, 0.25) is 10.0 Å². The standard InChI is InChI=1S/C21H18Cl2FN5O/c22-13-5-6-14(15(23)11-13)17-12-18(20(25)30)27-21(26-17)29-9-7-28(8-10-29)19-4-2-1-3-16(19)24/h1-6,11-12H,7-10H2,(H2,25,30). The van der Waals surface area contributed by atoms with Gasteiger partial charge >= 0.3 is 0 Å². The number of nitrogens with two attached hydrogens (primary N) is 1. The van der Waals surface area contributed by atoms with Crippen molar-refractivity contribution in [1.29, 1.82) is 0 Å². The van der Waals surface area contributed by atoms with Gasteiger partial charge in [0.05, 0.1) is 16.4 Å². The van der Waals surface area contributed by atoms with Crippen LogP contribution in [0.3, 0.4) is 0 Å². The number of piperazine rings is 1. The highest BCUT2D eigenvalue weighted by molar-refractivity contribution is 6.36. The van der Waals surface area contributed by atoms with E-state index >= 15 is 0 Å². The van der Waals surface area contributed by atoms with E-state index in [9.17, 15) is 9.18 Å². The van der Waals surface area contributed by atoms with E-state index in [-0.39, 0.29) is 11.5 Å². The largest absolute Gasteiger partial charge is 0.366 e. The second kappa shape index (κ2) is 8.45. The lowest BCUT2D eigenvalue weighted by Crippen LogP contribution is -2.47. The Morgan fingerprint density at radius 2 is 1.67 bits per heavy atom. The monoisotopic (exact) mass is 445 g/mol. The van der Waals surface area contributed by atoms with Crippen LogP contribution in [0.5, 0.6) is 0 Å². The van der Waals surface area contributed by atoms with Gasteiger partial charge in [0.2, 0.25) is 5.95 Å². The van der Waals surface area contributed by atoms with Gasteiger partial charge in [0.15, 0.2) is 0 Å². The summed E-state index contributed by atoms with van der Waals surface area (Å²) in [5.74, 6) is -0.534. The predicted octanol–water partition coefficient (Wildman–Crippen LogP) is 4.02. The third-order valence-electron chi connectivity index (χ3n) is 4.93. The van der Waals surface area contributed by atoms with Crippen LogP contribution in [0.4, 0.5) is 16.0 Å². The minimum absolute atomic E-state index is 0.0950. The molecule has 1 amide bonds. The fourth-order valence-electron chi connectivity index (χ4n) is 3.39. The molecule has 0 bridgehead atoms. The SMILES string of the molecule is NC(=O)c1cc(-c2ccc(Cl)cc2Cl)nc(N2CCN(c3ccccc3F)CC2)n1. The maximum atomic E-state index is 14.1. The van der Waals surface area contributed by atoms with E-state index in [2.05, 4.69) is 9.97 Å². The number of hydrogen-bond acceptors (Lipinski definition) is 5. The summed E-state index contributed by atoms with van der Waals surface area (Å²) in [6.07, 6.45) is 0. The number of halogens is 3. The lowest BCUT2D eigenvalue weighted by Gasteiger charge is -2.36. The first-order valence-corrected chi connectivity index (χ1v) is 10.1. The Hall–Kier alpha value is -2.90. The number of carbonyl (C=O) groups is 1. The quantitative estimate of drug-likeness (QED) is 0.656. The van der Waals surface area contributed by atoms with Crippen molar-refractivity contribution in [1.82, 2.24) is 9.97 Å². The summed E-state index contributed by atoms with van der Waals surface area (Å²) in [5, 5.41) is 0.907. The third-order valence-corrected chi connectivity index (χ3v) is 5.48. The molecule has 0 spiro atoms. The van der Waals surface area contributed by atoms with Gasteiger partial charge in [-0.25, -0.2) is 14.4 Å². The van der Waals surface area contributed by atoms with Crippen molar-refractivity contribution < 1.29 is 9.18 Å². The van der Waals surface area contributed by atoms with Crippen molar-refractivity contribution in [3.8, 4) is 11.3 Å². The molecule has 1 saturated heterocycles. The van der Waals surface area contributed by atoms with E-state index in [1.165, 1.54) is 12.1 Å². The molecule has 0 saturated carbocycles. The zero-order valence-electron chi connectivity index (χ0n) is 15.9. The van der Waals surface area contributed by atoms with Crippen LogP contribution in [0.25, 0.3) is 11.3 Å². The molecule has 1 aromatic heterocycles. The van der Waals surface area contributed by atoms with Crippen molar-refractivity contribution in [2.24, 2.45) is 5.73 Å². The van der Waals surface area contributed by atoms with Crippen LogP contribution < -0.4 is 15.5 Å². The van der Waals surface area contributed by atoms with Gasteiger partial charge < -0.3 is 15.5 Å². The summed E-state index contributed by atoms with van der Waals surface area (Å²) in [4.78, 5) is 24.7. The van der Waals surface area contributed by atoms with E-state index in [1.807, 2.05) is 15.9 Å². The molecule has 3 aromatic rings. The normalized spacial score (nSPS) is 14.1. The van der Waals surface area contributed by atoms with Gasteiger partial charge in [-0.1, -0.05) is 35.3 Å². The molecule has 0 atom stereocenters. The van der Waals surface area contributed by atoms with Crippen molar-refractivity contribution in [2.75, 3.05) is 36.0 Å². The summed E-state index contributed by atoms with van der Waals surface area (Å²) >= 11 is 12.3. The van der Waals surface area contributed by atoms with Crippen LogP contribution >= 0.6 is 23.2 Å². The number of hydrogen-bond donors (Lipinski definition) is 1.